The molecule has 3 rings (SSSR count). The van der Waals surface area contributed by atoms with Gasteiger partial charge < -0.3 is 4.74 Å². The Morgan fingerprint density at radius 3 is 2.27 bits per heavy atom. The first kappa shape index (κ1) is 17.3. The average molecular weight is 348 g/mol. The van der Waals surface area contributed by atoms with Crippen LogP contribution in [-0.2, 0) is 0 Å². The van der Waals surface area contributed by atoms with Crippen LogP contribution in [0.2, 0.25) is 0 Å². The number of nitrogens with zero attached hydrogens (tertiary/aromatic N) is 2. The lowest BCUT2D eigenvalue weighted by molar-refractivity contribution is 0.0725. The van der Waals surface area contributed by atoms with Crippen molar-refractivity contribution < 1.29 is 14.3 Å². The molecular weight excluding hydrogens is 332 g/mol. The molecule has 0 spiro atoms. The Bertz CT molecular complexity index is 1020. The third kappa shape index (κ3) is 3.59. The van der Waals surface area contributed by atoms with Gasteiger partial charge in [-0.15, -0.1) is 0 Å². The molecule has 6 heteroatoms. The van der Waals surface area contributed by atoms with Crippen molar-refractivity contribution in [1.29, 1.82) is 0 Å². The van der Waals surface area contributed by atoms with Crippen molar-refractivity contribution in [2.75, 3.05) is 0 Å². The van der Waals surface area contributed by atoms with Gasteiger partial charge >= 0.3 is 5.97 Å². The van der Waals surface area contributed by atoms with Crippen LogP contribution in [0, 0.1) is 6.92 Å². The van der Waals surface area contributed by atoms with Crippen molar-refractivity contribution in [3.8, 4) is 11.4 Å². The van der Waals surface area contributed by atoms with E-state index < -0.39 is 11.4 Å². The number of hydrogen-bond acceptors (Lipinski definition) is 5. The first-order chi connectivity index (χ1) is 12.5. The van der Waals surface area contributed by atoms with Gasteiger partial charge in [0.25, 0.3) is 0 Å². The largest absolute Gasteiger partial charge is 0.422 e. The first-order valence-electron chi connectivity index (χ1n) is 7.95. The maximum Gasteiger partial charge on any atom is 0.368 e. The highest BCUT2D eigenvalue weighted by atomic mass is 16.5. The minimum Gasteiger partial charge on any atom is -0.422 e. The Morgan fingerprint density at radius 2 is 1.65 bits per heavy atom. The second-order valence-corrected chi connectivity index (χ2v) is 5.72. The van der Waals surface area contributed by atoms with Crippen molar-refractivity contribution in [1.82, 2.24) is 9.78 Å². The van der Waals surface area contributed by atoms with Crippen LogP contribution >= 0.6 is 0 Å². The number of carbonyl (C=O) groups is 2. The fourth-order valence-corrected chi connectivity index (χ4v) is 2.43. The SMILES string of the molecule is CC(=O)c1ccc(OC(=O)c2nn(-c3ccccc3)c(C)cc2=O)cc1. The van der Waals surface area contributed by atoms with Crippen molar-refractivity contribution in [3.63, 3.8) is 0 Å². The zero-order valence-electron chi connectivity index (χ0n) is 14.3. The molecule has 26 heavy (non-hydrogen) atoms. The molecule has 3 aromatic rings. The van der Waals surface area contributed by atoms with Crippen LogP contribution in [0.15, 0.2) is 65.5 Å². The van der Waals surface area contributed by atoms with Crippen molar-refractivity contribution in [2.45, 2.75) is 13.8 Å². The van der Waals surface area contributed by atoms with Crippen LogP contribution in [0.5, 0.6) is 5.75 Å². The average Bonchev–Trinajstić information content (AvgIpc) is 2.63. The molecule has 0 bridgehead atoms. The number of aryl methyl sites for hydroxylation is 1. The number of Topliss-reactive ketones (excluding diaryl/α,β-unsaturated/α-hetero) is 1. The van der Waals surface area contributed by atoms with E-state index in [-0.39, 0.29) is 17.2 Å². The molecule has 0 saturated carbocycles. The molecule has 130 valence electrons. The third-order valence-corrected chi connectivity index (χ3v) is 3.77. The van der Waals surface area contributed by atoms with Gasteiger partial charge in [0.2, 0.25) is 11.1 Å². The molecule has 2 aromatic carbocycles. The summed E-state index contributed by atoms with van der Waals surface area (Å²) in [4.78, 5) is 35.8. The van der Waals surface area contributed by atoms with E-state index in [1.54, 1.807) is 19.1 Å². The molecule has 0 N–H and O–H groups in total. The number of esters is 1. The van der Waals surface area contributed by atoms with E-state index in [9.17, 15) is 14.4 Å². The Morgan fingerprint density at radius 1 is 1.00 bits per heavy atom. The van der Waals surface area contributed by atoms with Crippen molar-refractivity contribution in [3.05, 3.63) is 87.8 Å². The Hall–Kier alpha value is -3.54. The van der Waals surface area contributed by atoms with Crippen molar-refractivity contribution in [2.24, 2.45) is 0 Å². The number of para-hydroxylation sites is 1. The van der Waals surface area contributed by atoms with E-state index in [1.807, 2.05) is 30.3 Å². The summed E-state index contributed by atoms with van der Waals surface area (Å²) in [6.07, 6.45) is 0. The lowest BCUT2D eigenvalue weighted by atomic mass is 10.1. The molecular formula is C20H16N2O4. The molecule has 1 aromatic heterocycles. The van der Waals surface area contributed by atoms with E-state index >= 15 is 0 Å². The maximum absolute atomic E-state index is 12.4. The summed E-state index contributed by atoms with van der Waals surface area (Å²) in [6, 6.07) is 16.6. The van der Waals surface area contributed by atoms with E-state index in [0.29, 0.717) is 11.3 Å². The first-order valence-corrected chi connectivity index (χ1v) is 7.95. The number of ether oxygens (including phenoxy) is 1. The van der Waals surface area contributed by atoms with Crippen LogP contribution in [0.25, 0.3) is 5.69 Å². The highest BCUT2D eigenvalue weighted by molar-refractivity contribution is 5.94. The molecule has 0 unspecified atom stereocenters. The van der Waals surface area contributed by atoms with Crippen LogP contribution in [0.4, 0.5) is 0 Å². The van der Waals surface area contributed by atoms with E-state index in [1.165, 1.54) is 29.8 Å². The normalized spacial score (nSPS) is 10.4. The molecule has 0 aliphatic heterocycles. The molecule has 0 aliphatic carbocycles. The monoisotopic (exact) mass is 348 g/mol. The molecule has 0 saturated heterocycles. The molecule has 0 radical (unpaired) electrons. The summed E-state index contributed by atoms with van der Waals surface area (Å²) in [5.74, 6) is -0.711. The number of aromatic nitrogens is 2. The molecule has 0 fully saturated rings. The lowest BCUT2D eigenvalue weighted by Crippen LogP contribution is -2.25. The molecule has 0 aliphatic rings. The predicted octanol–water partition coefficient (Wildman–Crippen LogP) is 2.96. The maximum atomic E-state index is 12.4. The van der Waals surface area contributed by atoms with Gasteiger partial charge in [0, 0.05) is 17.3 Å². The Kier molecular flexibility index (Phi) is 4.75. The lowest BCUT2D eigenvalue weighted by Gasteiger charge is -2.11. The fourth-order valence-electron chi connectivity index (χ4n) is 2.43. The topological polar surface area (TPSA) is 78.3 Å². The molecule has 1 heterocycles. The summed E-state index contributed by atoms with van der Waals surface area (Å²) < 4.78 is 6.73. The summed E-state index contributed by atoms with van der Waals surface area (Å²) in [7, 11) is 0. The minimum absolute atomic E-state index is 0.0891. The van der Waals surface area contributed by atoms with Crippen LogP contribution in [-0.4, -0.2) is 21.5 Å². The number of rotatable bonds is 4. The fraction of sp³-hybridized carbons (Fsp3) is 0.100. The number of benzene rings is 2. The van der Waals surface area contributed by atoms with Gasteiger partial charge in [-0.25, -0.2) is 9.48 Å². The second-order valence-electron chi connectivity index (χ2n) is 5.72. The van der Waals surface area contributed by atoms with E-state index in [0.717, 1.165) is 5.69 Å². The van der Waals surface area contributed by atoms with Crippen LogP contribution in [0.1, 0.15) is 33.5 Å². The van der Waals surface area contributed by atoms with Gasteiger partial charge in [-0.05, 0) is 50.2 Å². The van der Waals surface area contributed by atoms with Gasteiger partial charge in [0.05, 0.1) is 5.69 Å². The van der Waals surface area contributed by atoms with Crippen LogP contribution in [0.3, 0.4) is 0 Å². The number of hydrogen-bond donors (Lipinski definition) is 0. The van der Waals surface area contributed by atoms with Gasteiger partial charge in [0.1, 0.15) is 5.75 Å². The summed E-state index contributed by atoms with van der Waals surface area (Å²) in [6.45, 7) is 3.18. The summed E-state index contributed by atoms with van der Waals surface area (Å²) in [5, 5.41) is 4.16. The number of ketones is 1. The minimum atomic E-state index is -0.852. The Balaban J connectivity index is 1.92. The standard InChI is InChI=1S/C20H16N2O4/c1-13-12-18(24)19(21-22(13)16-6-4-3-5-7-16)20(25)26-17-10-8-15(9-11-17)14(2)23/h3-12H,1-2H3. The zero-order valence-corrected chi connectivity index (χ0v) is 14.3. The summed E-state index contributed by atoms with van der Waals surface area (Å²) in [5.41, 5.74) is 1.01. The quantitative estimate of drug-likeness (QED) is 0.411. The van der Waals surface area contributed by atoms with E-state index in [4.69, 9.17) is 4.74 Å². The van der Waals surface area contributed by atoms with E-state index in [2.05, 4.69) is 5.10 Å². The summed E-state index contributed by atoms with van der Waals surface area (Å²) >= 11 is 0. The highest BCUT2D eigenvalue weighted by Crippen LogP contribution is 2.14. The van der Waals surface area contributed by atoms with Crippen LogP contribution < -0.4 is 10.2 Å². The number of carbonyl (C=O) groups excluding carboxylic acids is 2. The molecule has 0 atom stereocenters. The second kappa shape index (κ2) is 7.14. The Labute approximate surface area is 149 Å². The van der Waals surface area contributed by atoms with Gasteiger partial charge in [-0.2, -0.15) is 5.10 Å². The third-order valence-electron chi connectivity index (χ3n) is 3.77. The molecule has 6 nitrogen and oxygen atoms in total. The molecule has 0 amide bonds. The van der Waals surface area contributed by atoms with Gasteiger partial charge in [-0.1, -0.05) is 18.2 Å². The van der Waals surface area contributed by atoms with Gasteiger partial charge in [-0.3, -0.25) is 9.59 Å². The highest BCUT2D eigenvalue weighted by Gasteiger charge is 2.17. The smallest absolute Gasteiger partial charge is 0.368 e. The van der Waals surface area contributed by atoms with Gasteiger partial charge in [0.15, 0.2) is 5.78 Å². The zero-order chi connectivity index (χ0) is 18.7. The van der Waals surface area contributed by atoms with Crippen molar-refractivity contribution >= 4 is 11.8 Å². The predicted molar refractivity (Wildman–Crippen MR) is 96.0 cm³/mol.